The summed E-state index contributed by atoms with van der Waals surface area (Å²) in [6, 6.07) is 18.0. The van der Waals surface area contributed by atoms with Crippen molar-refractivity contribution >= 4 is 23.9 Å². The summed E-state index contributed by atoms with van der Waals surface area (Å²) in [4.78, 5) is 12.0. The van der Waals surface area contributed by atoms with Gasteiger partial charge in [0.2, 0.25) is 0 Å². The van der Waals surface area contributed by atoms with Crippen molar-refractivity contribution in [3.05, 3.63) is 65.7 Å². The molecule has 1 amide bonds. The molecule has 0 spiro atoms. The maximum Gasteiger partial charge on any atom is 0.250 e. The molecule has 0 aliphatic rings. The van der Waals surface area contributed by atoms with Crippen molar-refractivity contribution in [1.82, 2.24) is 20.2 Å². The van der Waals surface area contributed by atoms with Crippen LogP contribution in [-0.4, -0.2) is 32.6 Å². The number of thioether (sulfide) groups is 1. The minimum Gasteiger partial charge on any atom is -0.305 e. The molecule has 0 fully saturated rings. The largest absolute Gasteiger partial charge is 0.305 e. The van der Waals surface area contributed by atoms with E-state index in [-0.39, 0.29) is 11.7 Å². The molecule has 0 aliphatic heterocycles. The fraction of sp³-hybridized carbons (Fsp3) is 0.238. The Kier molecular flexibility index (Phi) is 6.60. The van der Waals surface area contributed by atoms with Gasteiger partial charge in [0, 0.05) is 12.6 Å². The van der Waals surface area contributed by atoms with Crippen molar-refractivity contribution in [2.24, 2.45) is 12.1 Å². The van der Waals surface area contributed by atoms with Crippen LogP contribution in [0, 0.1) is 0 Å². The van der Waals surface area contributed by atoms with Gasteiger partial charge in [-0.1, -0.05) is 80.2 Å². The van der Waals surface area contributed by atoms with Gasteiger partial charge in [-0.2, -0.15) is 5.10 Å². The zero-order chi connectivity index (χ0) is 19.9. The van der Waals surface area contributed by atoms with Crippen molar-refractivity contribution in [3.8, 4) is 11.4 Å². The molecule has 0 aliphatic carbocycles. The topological polar surface area (TPSA) is 72.2 Å². The maximum absolute atomic E-state index is 12.0. The third kappa shape index (κ3) is 5.07. The maximum atomic E-state index is 12.0. The van der Waals surface area contributed by atoms with Gasteiger partial charge < -0.3 is 4.57 Å². The normalized spacial score (nSPS) is 11.3. The van der Waals surface area contributed by atoms with Gasteiger partial charge >= 0.3 is 0 Å². The minimum atomic E-state index is -0.190. The fourth-order valence-corrected chi connectivity index (χ4v) is 3.29. The number of carbonyl (C=O) groups is 1. The Morgan fingerprint density at radius 2 is 1.86 bits per heavy atom. The van der Waals surface area contributed by atoms with E-state index in [4.69, 9.17) is 0 Å². The highest BCUT2D eigenvalue weighted by atomic mass is 32.2. The molecule has 6 nitrogen and oxygen atoms in total. The molecule has 3 rings (SSSR count). The number of carbonyl (C=O) groups excluding carboxylic acids is 1. The van der Waals surface area contributed by atoms with Gasteiger partial charge in [-0.15, -0.1) is 10.2 Å². The van der Waals surface area contributed by atoms with E-state index in [2.05, 4.69) is 46.7 Å². The molecule has 1 N–H and O–H groups in total. The van der Waals surface area contributed by atoms with E-state index in [0.717, 1.165) is 17.0 Å². The molecule has 28 heavy (non-hydrogen) atoms. The quantitative estimate of drug-likeness (QED) is 0.376. The molecular formula is C21H23N5OS. The lowest BCUT2D eigenvalue weighted by Crippen LogP contribution is -2.19. The second-order valence-corrected chi connectivity index (χ2v) is 7.58. The van der Waals surface area contributed by atoms with Crippen LogP contribution >= 0.6 is 11.8 Å². The van der Waals surface area contributed by atoms with Crippen LogP contribution in [0.5, 0.6) is 0 Å². The van der Waals surface area contributed by atoms with Gasteiger partial charge in [-0.05, 0) is 17.0 Å². The van der Waals surface area contributed by atoms with E-state index in [9.17, 15) is 4.79 Å². The summed E-state index contributed by atoms with van der Waals surface area (Å²) in [5.74, 6) is 1.28. The standard InChI is InChI=1S/C21H23N5OS/c1-15(2)17-11-9-16(10-12-17)13-22-23-19(27)14-28-21-25-24-20(26(21)3)18-7-5-4-6-8-18/h4-13,15H,14H2,1-3H3,(H,23,27). The number of aromatic nitrogens is 3. The lowest BCUT2D eigenvalue weighted by molar-refractivity contribution is -0.118. The Balaban J connectivity index is 1.51. The fourth-order valence-electron chi connectivity index (χ4n) is 2.59. The third-order valence-corrected chi connectivity index (χ3v) is 5.23. The first-order valence-electron chi connectivity index (χ1n) is 9.04. The van der Waals surface area contributed by atoms with Crippen LogP contribution in [0.1, 0.15) is 30.9 Å². The number of hydrazone groups is 1. The van der Waals surface area contributed by atoms with E-state index in [0.29, 0.717) is 11.1 Å². The van der Waals surface area contributed by atoms with E-state index in [1.54, 1.807) is 6.21 Å². The summed E-state index contributed by atoms with van der Waals surface area (Å²) in [7, 11) is 1.89. The van der Waals surface area contributed by atoms with E-state index in [1.165, 1.54) is 17.3 Å². The lowest BCUT2D eigenvalue weighted by atomic mass is 10.0. The SMILES string of the molecule is CC(C)c1ccc(C=NNC(=O)CSc2nnc(-c3ccccc3)n2C)cc1. The molecule has 7 heteroatoms. The molecule has 0 atom stereocenters. The average molecular weight is 394 g/mol. The Morgan fingerprint density at radius 1 is 1.14 bits per heavy atom. The van der Waals surface area contributed by atoms with Gasteiger partial charge in [-0.25, -0.2) is 5.43 Å². The van der Waals surface area contributed by atoms with Crippen LogP contribution in [-0.2, 0) is 11.8 Å². The predicted octanol–water partition coefficient (Wildman–Crippen LogP) is 3.85. The van der Waals surface area contributed by atoms with Crippen molar-refractivity contribution in [3.63, 3.8) is 0 Å². The van der Waals surface area contributed by atoms with Crippen LogP contribution in [0.4, 0.5) is 0 Å². The number of hydrogen-bond acceptors (Lipinski definition) is 5. The van der Waals surface area contributed by atoms with E-state index in [1.807, 2.05) is 54.1 Å². The first-order chi connectivity index (χ1) is 13.5. The number of nitrogens with zero attached hydrogens (tertiary/aromatic N) is 4. The molecule has 0 saturated heterocycles. The van der Waals surface area contributed by atoms with Crippen molar-refractivity contribution < 1.29 is 4.79 Å². The second kappa shape index (κ2) is 9.32. The number of amides is 1. The van der Waals surface area contributed by atoms with Crippen LogP contribution in [0.15, 0.2) is 64.9 Å². The van der Waals surface area contributed by atoms with Gasteiger partial charge in [0.05, 0.1) is 12.0 Å². The summed E-state index contributed by atoms with van der Waals surface area (Å²) < 4.78 is 1.88. The summed E-state index contributed by atoms with van der Waals surface area (Å²) in [5.41, 5.74) is 5.75. The molecule has 0 unspecified atom stereocenters. The molecule has 144 valence electrons. The van der Waals surface area contributed by atoms with E-state index < -0.39 is 0 Å². The summed E-state index contributed by atoms with van der Waals surface area (Å²) in [5, 5.41) is 13.1. The van der Waals surface area contributed by atoms with Crippen molar-refractivity contribution in [2.45, 2.75) is 24.9 Å². The van der Waals surface area contributed by atoms with Gasteiger partial charge in [-0.3, -0.25) is 4.79 Å². The number of rotatable bonds is 7. The van der Waals surface area contributed by atoms with Gasteiger partial charge in [0.1, 0.15) is 0 Å². The summed E-state index contributed by atoms with van der Waals surface area (Å²) in [6.07, 6.45) is 1.64. The predicted molar refractivity (Wildman–Crippen MR) is 113 cm³/mol. The third-order valence-electron chi connectivity index (χ3n) is 4.21. The first-order valence-corrected chi connectivity index (χ1v) is 10.0. The number of benzene rings is 2. The molecule has 0 bridgehead atoms. The Morgan fingerprint density at radius 3 is 2.54 bits per heavy atom. The average Bonchev–Trinajstić information content (AvgIpc) is 3.08. The summed E-state index contributed by atoms with van der Waals surface area (Å²) in [6.45, 7) is 4.31. The highest BCUT2D eigenvalue weighted by Gasteiger charge is 2.12. The molecular weight excluding hydrogens is 370 g/mol. The zero-order valence-electron chi connectivity index (χ0n) is 16.2. The molecule has 0 radical (unpaired) electrons. The van der Waals surface area contributed by atoms with Crippen molar-refractivity contribution in [1.29, 1.82) is 0 Å². The second-order valence-electron chi connectivity index (χ2n) is 6.63. The van der Waals surface area contributed by atoms with Crippen LogP contribution < -0.4 is 5.43 Å². The van der Waals surface area contributed by atoms with Crippen LogP contribution in [0.2, 0.25) is 0 Å². The number of hydrogen-bond donors (Lipinski definition) is 1. The zero-order valence-corrected chi connectivity index (χ0v) is 17.0. The van der Waals surface area contributed by atoms with Gasteiger partial charge in [0.25, 0.3) is 5.91 Å². The monoisotopic (exact) mass is 393 g/mol. The van der Waals surface area contributed by atoms with Gasteiger partial charge in [0.15, 0.2) is 11.0 Å². The van der Waals surface area contributed by atoms with Crippen LogP contribution in [0.3, 0.4) is 0 Å². The molecule has 3 aromatic rings. The highest BCUT2D eigenvalue weighted by molar-refractivity contribution is 7.99. The molecule has 2 aromatic carbocycles. The highest BCUT2D eigenvalue weighted by Crippen LogP contribution is 2.22. The Bertz CT molecular complexity index is 949. The molecule has 1 heterocycles. The lowest BCUT2D eigenvalue weighted by Gasteiger charge is -2.04. The Labute approximate surface area is 169 Å². The molecule has 0 saturated carbocycles. The summed E-state index contributed by atoms with van der Waals surface area (Å²) >= 11 is 1.33. The van der Waals surface area contributed by atoms with Crippen LogP contribution in [0.25, 0.3) is 11.4 Å². The minimum absolute atomic E-state index is 0.190. The van der Waals surface area contributed by atoms with Crippen molar-refractivity contribution in [2.75, 3.05) is 5.75 Å². The Hall–Kier alpha value is -2.93. The number of nitrogens with one attached hydrogen (secondary N) is 1. The van der Waals surface area contributed by atoms with E-state index >= 15 is 0 Å². The molecule has 1 aromatic heterocycles. The smallest absolute Gasteiger partial charge is 0.250 e. The first kappa shape index (κ1) is 19.8.